The minimum Gasteiger partial charge on any atom is -0.305 e. The Labute approximate surface area is 125 Å². The highest BCUT2D eigenvalue weighted by atomic mass is 15.4. The molecule has 0 amide bonds. The molecular formula is C14H23N7. The van der Waals surface area contributed by atoms with Crippen molar-refractivity contribution in [3.05, 3.63) is 29.1 Å². The minimum absolute atomic E-state index is 0.214. The maximum absolute atomic E-state index is 4.51. The van der Waals surface area contributed by atoms with Crippen molar-refractivity contribution < 1.29 is 0 Å². The fraction of sp³-hybridized carbons (Fsp3) is 0.643. The third kappa shape index (κ3) is 2.84. The van der Waals surface area contributed by atoms with Crippen LogP contribution in [0.5, 0.6) is 0 Å². The van der Waals surface area contributed by atoms with E-state index in [1.165, 1.54) is 11.3 Å². The van der Waals surface area contributed by atoms with Crippen molar-refractivity contribution in [1.29, 1.82) is 0 Å². The van der Waals surface area contributed by atoms with Gasteiger partial charge in [0.25, 0.3) is 0 Å². The van der Waals surface area contributed by atoms with E-state index in [1.54, 1.807) is 0 Å². The van der Waals surface area contributed by atoms with Gasteiger partial charge in [0.2, 0.25) is 0 Å². The average molecular weight is 289 g/mol. The fourth-order valence-corrected chi connectivity index (χ4v) is 2.83. The smallest absolute Gasteiger partial charge is 0.167 e. The van der Waals surface area contributed by atoms with E-state index >= 15 is 0 Å². The molecule has 1 N–H and O–H groups in total. The molecule has 21 heavy (non-hydrogen) atoms. The highest BCUT2D eigenvalue weighted by Gasteiger charge is 2.26. The summed E-state index contributed by atoms with van der Waals surface area (Å²) in [6, 6.07) is 0.214. The van der Waals surface area contributed by atoms with Crippen LogP contribution >= 0.6 is 0 Å². The molecule has 1 unspecified atom stereocenters. The number of hydrogen-bond acceptors (Lipinski definition) is 5. The average Bonchev–Trinajstić information content (AvgIpc) is 3.04. The molecule has 1 aliphatic heterocycles. The van der Waals surface area contributed by atoms with Gasteiger partial charge in [0.05, 0.1) is 24.5 Å². The molecule has 0 bridgehead atoms. The Morgan fingerprint density at radius 2 is 2.19 bits per heavy atom. The first-order chi connectivity index (χ1) is 10.0. The summed E-state index contributed by atoms with van der Waals surface area (Å²) in [6.45, 7) is 7.83. The topological polar surface area (TPSA) is 65.9 Å². The van der Waals surface area contributed by atoms with Gasteiger partial charge in [-0.2, -0.15) is 10.2 Å². The summed E-state index contributed by atoms with van der Waals surface area (Å²) >= 11 is 0. The first kappa shape index (κ1) is 14.2. The van der Waals surface area contributed by atoms with Gasteiger partial charge < -0.3 is 4.90 Å². The lowest BCUT2D eigenvalue weighted by Crippen LogP contribution is -2.36. The first-order valence-corrected chi connectivity index (χ1v) is 7.36. The van der Waals surface area contributed by atoms with E-state index in [2.05, 4.69) is 55.8 Å². The lowest BCUT2D eigenvalue weighted by Gasteiger charge is -2.32. The van der Waals surface area contributed by atoms with E-state index < -0.39 is 0 Å². The number of aromatic amines is 1. The van der Waals surface area contributed by atoms with Crippen molar-refractivity contribution in [3.63, 3.8) is 0 Å². The van der Waals surface area contributed by atoms with Crippen LogP contribution in [-0.2, 0) is 19.6 Å². The van der Waals surface area contributed by atoms with Gasteiger partial charge in [-0.15, -0.1) is 0 Å². The third-order valence-corrected chi connectivity index (χ3v) is 4.01. The van der Waals surface area contributed by atoms with E-state index in [9.17, 15) is 0 Å². The standard InChI is InChI=1S/C14H23N7/c1-10(14-16-11(2)17-18-14)20-5-6-21-13(9-20)12(7-15-21)8-19(3)4/h7,10H,5-6,8-9H2,1-4H3,(H,16,17,18). The van der Waals surface area contributed by atoms with E-state index in [4.69, 9.17) is 0 Å². The Balaban J connectivity index is 1.78. The second kappa shape index (κ2) is 5.57. The number of aromatic nitrogens is 5. The molecule has 0 aromatic carbocycles. The molecule has 1 aliphatic rings. The normalized spacial score (nSPS) is 17.2. The number of aryl methyl sites for hydroxylation is 1. The summed E-state index contributed by atoms with van der Waals surface area (Å²) in [4.78, 5) is 9.06. The van der Waals surface area contributed by atoms with Gasteiger partial charge in [-0.3, -0.25) is 14.7 Å². The molecule has 3 rings (SSSR count). The zero-order valence-corrected chi connectivity index (χ0v) is 13.2. The van der Waals surface area contributed by atoms with Crippen LogP contribution in [0, 0.1) is 6.92 Å². The molecule has 3 heterocycles. The molecule has 0 saturated heterocycles. The van der Waals surface area contributed by atoms with Crippen LogP contribution in [0.4, 0.5) is 0 Å². The molecule has 1 atom stereocenters. The van der Waals surface area contributed by atoms with Crippen molar-refractivity contribution in [2.75, 3.05) is 20.6 Å². The first-order valence-electron chi connectivity index (χ1n) is 7.36. The molecule has 0 fully saturated rings. The molecule has 0 saturated carbocycles. The highest BCUT2D eigenvalue weighted by Crippen LogP contribution is 2.24. The van der Waals surface area contributed by atoms with E-state index in [-0.39, 0.29) is 6.04 Å². The van der Waals surface area contributed by atoms with E-state index in [1.807, 2.05) is 13.1 Å². The van der Waals surface area contributed by atoms with Gasteiger partial charge in [-0.1, -0.05) is 0 Å². The second-order valence-corrected chi connectivity index (χ2v) is 6.00. The molecule has 0 aliphatic carbocycles. The Morgan fingerprint density at radius 1 is 1.38 bits per heavy atom. The zero-order chi connectivity index (χ0) is 15.0. The summed E-state index contributed by atoms with van der Waals surface area (Å²) in [7, 11) is 4.17. The summed E-state index contributed by atoms with van der Waals surface area (Å²) in [6.07, 6.45) is 2.00. The SMILES string of the molecule is Cc1nc(C(C)N2CCn3ncc(CN(C)C)c3C2)n[nH]1. The zero-order valence-electron chi connectivity index (χ0n) is 13.2. The van der Waals surface area contributed by atoms with Crippen LogP contribution in [-0.4, -0.2) is 55.4 Å². The van der Waals surface area contributed by atoms with E-state index in [0.717, 1.165) is 37.8 Å². The highest BCUT2D eigenvalue weighted by molar-refractivity contribution is 5.19. The van der Waals surface area contributed by atoms with Crippen LogP contribution in [0.2, 0.25) is 0 Å². The minimum atomic E-state index is 0.214. The Bertz CT molecular complexity index is 613. The Hall–Kier alpha value is -1.73. The number of hydrogen-bond donors (Lipinski definition) is 1. The van der Waals surface area contributed by atoms with Crippen LogP contribution in [0.1, 0.15) is 35.9 Å². The van der Waals surface area contributed by atoms with Crippen molar-refractivity contribution in [2.24, 2.45) is 0 Å². The van der Waals surface area contributed by atoms with Crippen LogP contribution in [0.25, 0.3) is 0 Å². The number of fused-ring (bicyclic) bond motifs is 1. The predicted molar refractivity (Wildman–Crippen MR) is 79.6 cm³/mol. The summed E-state index contributed by atoms with van der Waals surface area (Å²) in [5, 5.41) is 11.7. The number of nitrogens with one attached hydrogen (secondary N) is 1. The van der Waals surface area contributed by atoms with Gasteiger partial charge in [-0.25, -0.2) is 4.98 Å². The lowest BCUT2D eigenvalue weighted by molar-refractivity contribution is 0.154. The lowest BCUT2D eigenvalue weighted by atomic mass is 10.1. The summed E-state index contributed by atoms with van der Waals surface area (Å²) in [5.41, 5.74) is 2.62. The van der Waals surface area contributed by atoms with E-state index in [0.29, 0.717) is 0 Å². The molecule has 2 aromatic rings. The van der Waals surface area contributed by atoms with Gasteiger partial charge in [0.1, 0.15) is 5.82 Å². The maximum Gasteiger partial charge on any atom is 0.167 e. The van der Waals surface area contributed by atoms with Gasteiger partial charge >= 0.3 is 0 Å². The second-order valence-electron chi connectivity index (χ2n) is 6.00. The molecular weight excluding hydrogens is 266 g/mol. The largest absolute Gasteiger partial charge is 0.305 e. The summed E-state index contributed by atoms with van der Waals surface area (Å²) < 4.78 is 2.13. The van der Waals surface area contributed by atoms with Crippen LogP contribution in [0.15, 0.2) is 6.20 Å². The quantitative estimate of drug-likeness (QED) is 0.907. The summed E-state index contributed by atoms with van der Waals surface area (Å²) in [5.74, 6) is 1.74. The molecule has 0 spiro atoms. The Kier molecular flexibility index (Phi) is 3.77. The number of H-pyrrole nitrogens is 1. The predicted octanol–water partition coefficient (Wildman–Crippen LogP) is 0.948. The number of rotatable bonds is 4. The van der Waals surface area contributed by atoms with Gasteiger partial charge in [-0.05, 0) is 27.9 Å². The van der Waals surface area contributed by atoms with Gasteiger partial charge in [0, 0.05) is 25.2 Å². The maximum atomic E-state index is 4.51. The molecule has 7 heteroatoms. The van der Waals surface area contributed by atoms with Crippen molar-refractivity contribution in [2.45, 2.75) is 39.5 Å². The van der Waals surface area contributed by atoms with Crippen molar-refractivity contribution >= 4 is 0 Å². The molecule has 7 nitrogen and oxygen atoms in total. The molecule has 0 radical (unpaired) electrons. The monoisotopic (exact) mass is 289 g/mol. The third-order valence-electron chi connectivity index (χ3n) is 4.01. The van der Waals surface area contributed by atoms with Crippen LogP contribution < -0.4 is 0 Å². The fourth-order valence-electron chi connectivity index (χ4n) is 2.83. The Morgan fingerprint density at radius 3 is 2.86 bits per heavy atom. The van der Waals surface area contributed by atoms with Gasteiger partial charge in [0.15, 0.2) is 5.82 Å². The number of nitrogens with zero attached hydrogens (tertiary/aromatic N) is 6. The molecule has 2 aromatic heterocycles. The van der Waals surface area contributed by atoms with Crippen molar-refractivity contribution in [3.8, 4) is 0 Å². The molecule has 114 valence electrons. The van der Waals surface area contributed by atoms with Crippen LogP contribution in [0.3, 0.4) is 0 Å². The van der Waals surface area contributed by atoms with Crippen molar-refractivity contribution in [1.82, 2.24) is 34.8 Å².